The average molecular weight is 735 g/mol. The first-order valence-corrected chi connectivity index (χ1v) is 19.0. The van der Waals surface area contributed by atoms with Gasteiger partial charge in [0.15, 0.2) is 0 Å². The van der Waals surface area contributed by atoms with Crippen LogP contribution in [0.3, 0.4) is 0 Å². The van der Waals surface area contributed by atoms with Gasteiger partial charge in [0.05, 0.1) is 34.3 Å². The fraction of sp³-hybridized carbons (Fsp3) is 0.447. The van der Waals surface area contributed by atoms with Crippen molar-refractivity contribution in [2.75, 3.05) is 7.05 Å². The molecule has 0 aliphatic heterocycles. The molecular formula is C38H50N6O5S2. The van der Waals surface area contributed by atoms with E-state index in [9.17, 15) is 19.5 Å². The van der Waals surface area contributed by atoms with Crippen LogP contribution in [-0.2, 0) is 41.9 Å². The van der Waals surface area contributed by atoms with Crippen molar-refractivity contribution in [1.82, 2.24) is 30.2 Å². The summed E-state index contributed by atoms with van der Waals surface area (Å²) in [5.41, 5.74) is 2.70. The predicted octanol–water partition coefficient (Wildman–Crippen LogP) is 5.98. The van der Waals surface area contributed by atoms with Crippen LogP contribution in [0, 0.1) is 11.8 Å². The van der Waals surface area contributed by atoms with E-state index in [1.807, 2.05) is 79.9 Å². The minimum atomic E-state index is -1.05. The lowest BCUT2D eigenvalue weighted by Crippen LogP contribution is -2.55. The number of thiazole rings is 1. The van der Waals surface area contributed by atoms with Crippen molar-refractivity contribution in [2.45, 2.75) is 90.8 Å². The number of carbonyl (C=O) groups is 3. The molecule has 13 heteroatoms. The Morgan fingerprint density at radius 2 is 1.55 bits per heavy atom. The summed E-state index contributed by atoms with van der Waals surface area (Å²) in [6, 6.07) is 18.6. The standard InChI is InChI=1S/C38H50N6O5S2/c1-25(2)18-34-40-30(24-50-34)22-44(5)37(47)43-35(26(3)4)36(46)41-29(19-27-12-8-6-9-13-27)21-33(45)32(20-28-14-10-7-11-15-28)42-38(48)49-23-31-16-17-39-51-31/h6-17,24-26,29,32-33,35,45H,18-23H2,1-5H3,(H,41,46)(H,42,48)(H,43,47)/t29?,32?,33?,35-/m0/s1. The van der Waals surface area contributed by atoms with Gasteiger partial charge in [-0.15, -0.1) is 11.3 Å². The van der Waals surface area contributed by atoms with E-state index in [-0.39, 0.29) is 30.9 Å². The van der Waals surface area contributed by atoms with E-state index in [0.717, 1.165) is 33.1 Å². The number of benzene rings is 2. The zero-order chi connectivity index (χ0) is 36.8. The number of urea groups is 1. The number of alkyl carbamates (subject to hydrolysis) is 1. The number of aliphatic hydroxyl groups is 1. The summed E-state index contributed by atoms with van der Waals surface area (Å²) in [5, 5.41) is 23.6. The Morgan fingerprint density at radius 3 is 2.16 bits per heavy atom. The minimum absolute atomic E-state index is 0.0672. The molecule has 4 rings (SSSR count). The molecule has 274 valence electrons. The molecule has 51 heavy (non-hydrogen) atoms. The zero-order valence-corrected chi connectivity index (χ0v) is 31.6. The maximum absolute atomic E-state index is 13.9. The summed E-state index contributed by atoms with van der Waals surface area (Å²) < 4.78 is 9.47. The van der Waals surface area contributed by atoms with Gasteiger partial charge in [-0.05, 0) is 59.8 Å². The van der Waals surface area contributed by atoms with Crippen molar-refractivity contribution in [3.05, 3.63) is 105 Å². The highest BCUT2D eigenvalue weighted by Gasteiger charge is 2.31. The third-order valence-electron chi connectivity index (χ3n) is 8.26. The smallest absolute Gasteiger partial charge is 0.407 e. The van der Waals surface area contributed by atoms with Crippen LogP contribution in [0.15, 0.2) is 78.3 Å². The maximum atomic E-state index is 13.9. The van der Waals surface area contributed by atoms with Gasteiger partial charge >= 0.3 is 12.1 Å². The molecule has 0 radical (unpaired) electrons. The van der Waals surface area contributed by atoms with Gasteiger partial charge in [-0.1, -0.05) is 88.4 Å². The van der Waals surface area contributed by atoms with E-state index in [0.29, 0.717) is 25.3 Å². The van der Waals surface area contributed by atoms with Crippen LogP contribution in [0.1, 0.15) is 60.8 Å². The SMILES string of the molecule is CC(C)Cc1nc(CN(C)C(=O)N[C@H](C(=O)NC(Cc2ccccc2)CC(O)C(Cc2ccccc2)NC(=O)OCc2ccns2)C(C)C)cs1. The predicted molar refractivity (Wildman–Crippen MR) is 201 cm³/mol. The highest BCUT2D eigenvalue weighted by Crippen LogP contribution is 2.18. The van der Waals surface area contributed by atoms with E-state index < -0.39 is 30.3 Å². The van der Waals surface area contributed by atoms with Gasteiger partial charge in [-0.3, -0.25) is 4.79 Å². The highest BCUT2D eigenvalue weighted by atomic mass is 32.1. The van der Waals surface area contributed by atoms with E-state index in [2.05, 4.69) is 39.2 Å². The first-order chi connectivity index (χ1) is 24.5. The summed E-state index contributed by atoms with van der Waals surface area (Å²) in [7, 11) is 1.68. The fourth-order valence-electron chi connectivity index (χ4n) is 5.59. The number of ether oxygens (including phenoxy) is 1. The zero-order valence-electron chi connectivity index (χ0n) is 30.0. The first-order valence-electron chi connectivity index (χ1n) is 17.3. The van der Waals surface area contributed by atoms with Crippen molar-refractivity contribution in [3.63, 3.8) is 0 Å². The van der Waals surface area contributed by atoms with Crippen molar-refractivity contribution < 1.29 is 24.2 Å². The summed E-state index contributed by atoms with van der Waals surface area (Å²) in [4.78, 5) is 47.1. The summed E-state index contributed by atoms with van der Waals surface area (Å²) in [6.07, 6.45) is 1.73. The highest BCUT2D eigenvalue weighted by molar-refractivity contribution is 7.09. The molecule has 11 nitrogen and oxygen atoms in total. The molecular weight excluding hydrogens is 685 g/mol. The van der Waals surface area contributed by atoms with Crippen molar-refractivity contribution >= 4 is 40.9 Å². The first kappa shape index (κ1) is 39.5. The largest absolute Gasteiger partial charge is 0.444 e. The van der Waals surface area contributed by atoms with Gasteiger partial charge in [0.25, 0.3) is 0 Å². The second-order valence-corrected chi connectivity index (χ2v) is 15.4. The molecule has 4 aromatic rings. The third-order valence-corrected chi connectivity index (χ3v) is 9.89. The number of carbonyl (C=O) groups excluding carboxylic acids is 3. The lowest BCUT2D eigenvalue weighted by atomic mass is 9.93. The Balaban J connectivity index is 1.45. The molecule has 0 aliphatic carbocycles. The number of nitrogens with zero attached hydrogens (tertiary/aromatic N) is 3. The Kier molecular flexibility index (Phi) is 15.4. The van der Waals surface area contributed by atoms with Crippen LogP contribution in [0.4, 0.5) is 9.59 Å². The minimum Gasteiger partial charge on any atom is -0.444 e. The van der Waals surface area contributed by atoms with E-state index in [4.69, 9.17) is 4.74 Å². The van der Waals surface area contributed by atoms with Crippen molar-refractivity contribution in [3.8, 4) is 0 Å². The quantitative estimate of drug-likeness (QED) is 0.0985. The monoisotopic (exact) mass is 734 g/mol. The molecule has 0 bridgehead atoms. The average Bonchev–Trinajstić information content (AvgIpc) is 3.78. The molecule has 0 aliphatic rings. The fourth-order valence-corrected chi connectivity index (χ4v) is 7.08. The van der Waals surface area contributed by atoms with Crippen LogP contribution in [0.5, 0.6) is 0 Å². The molecule has 0 spiro atoms. The normalized spacial score (nSPS) is 13.6. The Labute approximate surface area is 309 Å². The maximum Gasteiger partial charge on any atom is 0.407 e. The Morgan fingerprint density at radius 1 is 0.882 bits per heavy atom. The van der Waals surface area contributed by atoms with Gasteiger partial charge in [0, 0.05) is 31.1 Å². The molecule has 0 saturated carbocycles. The van der Waals surface area contributed by atoms with Gasteiger partial charge in [0.2, 0.25) is 5.91 Å². The lowest BCUT2D eigenvalue weighted by Gasteiger charge is -2.30. The Hall–Kier alpha value is -4.33. The van der Waals surface area contributed by atoms with E-state index in [1.165, 1.54) is 16.4 Å². The second kappa shape index (κ2) is 19.9. The van der Waals surface area contributed by atoms with Gasteiger partial charge in [-0.25, -0.2) is 18.9 Å². The van der Waals surface area contributed by atoms with Crippen molar-refractivity contribution in [2.24, 2.45) is 11.8 Å². The van der Waals surface area contributed by atoms with Gasteiger partial charge in [-0.2, -0.15) is 0 Å². The number of amides is 4. The molecule has 0 saturated heterocycles. The molecule has 3 unspecified atom stereocenters. The van der Waals surface area contributed by atoms with Crippen LogP contribution in [-0.4, -0.2) is 68.7 Å². The Bertz CT molecular complexity index is 1630. The van der Waals surface area contributed by atoms with Gasteiger partial charge < -0.3 is 30.7 Å². The molecule has 2 heterocycles. The summed E-state index contributed by atoms with van der Waals surface area (Å²) >= 11 is 2.83. The summed E-state index contributed by atoms with van der Waals surface area (Å²) in [5.74, 6) is -0.0872. The second-order valence-electron chi connectivity index (χ2n) is 13.6. The molecule has 2 aromatic heterocycles. The van der Waals surface area contributed by atoms with Crippen LogP contribution in [0.25, 0.3) is 0 Å². The molecule has 4 amide bonds. The van der Waals surface area contributed by atoms with Crippen LogP contribution in [0.2, 0.25) is 0 Å². The van der Waals surface area contributed by atoms with E-state index in [1.54, 1.807) is 30.6 Å². The number of aromatic nitrogens is 2. The molecule has 4 N–H and O–H groups in total. The number of hydrogen-bond acceptors (Lipinski definition) is 9. The third kappa shape index (κ3) is 13.4. The summed E-state index contributed by atoms with van der Waals surface area (Å²) in [6.45, 7) is 8.43. The van der Waals surface area contributed by atoms with Crippen molar-refractivity contribution in [1.29, 1.82) is 0 Å². The topological polar surface area (TPSA) is 146 Å². The molecule has 0 fully saturated rings. The number of aliphatic hydroxyl groups excluding tert-OH is 1. The number of hydrogen-bond donors (Lipinski definition) is 4. The number of nitrogens with one attached hydrogen (secondary N) is 3. The molecule has 4 atom stereocenters. The lowest BCUT2D eigenvalue weighted by molar-refractivity contribution is -0.124. The van der Waals surface area contributed by atoms with E-state index >= 15 is 0 Å². The van der Waals surface area contributed by atoms with Crippen LogP contribution >= 0.6 is 22.9 Å². The van der Waals surface area contributed by atoms with Gasteiger partial charge in [0.1, 0.15) is 12.6 Å². The molecule has 2 aromatic carbocycles. The number of rotatable bonds is 18. The van der Waals surface area contributed by atoms with Crippen LogP contribution < -0.4 is 16.0 Å².